The molecule has 124 valence electrons. The zero-order valence-electron chi connectivity index (χ0n) is 13.0. The monoisotopic (exact) mass is 344 g/mol. The number of aromatic nitrogens is 2. The summed E-state index contributed by atoms with van der Waals surface area (Å²) in [6.07, 6.45) is 3.49. The summed E-state index contributed by atoms with van der Waals surface area (Å²) in [5, 5.41) is 6.16. The Morgan fingerprint density at radius 2 is 1.88 bits per heavy atom. The van der Waals surface area contributed by atoms with Crippen LogP contribution in [0.1, 0.15) is 18.4 Å². The van der Waals surface area contributed by atoms with Gasteiger partial charge in [-0.25, -0.2) is 5.10 Å². The molecule has 1 aromatic carbocycles. The fourth-order valence-electron chi connectivity index (χ4n) is 3.51. The number of rotatable bonds is 3. The average Bonchev–Trinajstić information content (AvgIpc) is 3.40. The van der Waals surface area contributed by atoms with E-state index in [0.717, 1.165) is 12.8 Å². The van der Waals surface area contributed by atoms with E-state index in [9.17, 15) is 9.59 Å². The first-order valence-corrected chi connectivity index (χ1v) is 8.34. The molecule has 2 heterocycles. The predicted molar refractivity (Wildman–Crippen MR) is 91.1 cm³/mol. The van der Waals surface area contributed by atoms with E-state index in [1.165, 1.54) is 11.8 Å². The van der Waals surface area contributed by atoms with Crippen molar-refractivity contribution in [3.8, 4) is 0 Å². The van der Waals surface area contributed by atoms with Crippen molar-refractivity contribution in [3.05, 3.63) is 57.5 Å². The van der Waals surface area contributed by atoms with Crippen LogP contribution in [0.2, 0.25) is 5.02 Å². The number of nitrogens with one attached hydrogen (secondary N) is 1. The molecule has 6 nitrogen and oxygen atoms in total. The van der Waals surface area contributed by atoms with Crippen LogP contribution < -0.4 is 10.5 Å². The summed E-state index contributed by atoms with van der Waals surface area (Å²) in [6.45, 7) is 1.45. The Morgan fingerprint density at radius 3 is 2.54 bits per heavy atom. The molecule has 0 unspecified atom stereocenters. The normalized spacial score (nSPS) is 19.5. The van der Waals surface area contributed by atoms with Crippen molar-refractivity contribution in [2.45, 2.75) is 18.4 Å². The smallest absolute Gasteiger partial charge is 0.285 e. The summed E-state index contributed by atoms with van der Waals surface area (Å²) in [5.41, 5.74) is 1.12. The maximum absolute atomic E-state index is 12.8. The highest BCUT2D eigenvalue weighted by molar-refractivity contribution is 6.33. The van der Waals surface area contributed by atoms with E-state index < -0.39 is 5.56 Å². The van der Waals surface area contributed by atoms with Crippen LogP contribution in [0.15, 0.2) is 41.3 Å². The predicted octanol–water partition coefficient (Wildman–Crippen LogP) is 1.76. The Kier molecular flexibility index (Phi) is 3.57. The van der Waals surface area contributed by atoms with Gasteiger partial charge in [-0.2, -0.15) is 5.10 Å². The fourth-order valence-corrected chi connectivity index (χ4v) is 3.72. The number of nitrogens with zero attached hydrogens (tertiary/aromatic N) is 3. The van der Waals surface area contributed by atoms with Crippen LogP contribution >= 0.6 is 11.6 Å². The molecule has 2 aliphatic rings. The van der Waals surface area contributed by atoms with E-state index in [-0.39, 0.29) is 23.0 Å². The molecular formula is C17H17ClN4O2. The number of hydrogen-bond acceptors (Lipinski definition) is 4. The van der Waals surface area contributed by atoms with E-state index in [1.54, 1.807) is 0 Å². The van der Waals surface area contributed by atoms with Gasteiger partial charge in [0.05, 0.1) is 24.0 Å². The van der Waals surface area contributed by atoms with Gasteiger partial charge in [0.1, 0.15) is 5.02 Å². The van der Waals surface area contributed by atoms with Crippen molar-refractivity contribution in [3.63, 3.8) is 0 Å². The van der Waals surface area contributed by atoms with Crippen LogP contribution in [0.4, 0.5) is 5.69 Å². The maximum Gasteiger partial charge on any atom is 0.285 e. The Morgan fingerprint density at radius 1 is 1.12 bits per heavy atom. The average molecular weight is 345 g/mol. The van der Waals surface area contributed by atoms with Gasteiger partial charge in [0.15, 0.2) is 0 Å². The third-order valence-corrected chi connectivity index (χ3v) is 5.26. The zero-order chi connectivity index (χ0) is 16.7. The van der Waals surface area contributed by atoms with Gasteiger partial charge in [-0.15, -0.1) is 0 Å². The molecule has 1 saturated heterocycles. The lowest BCUT2D eigenvalue weighted by molar-refractivity contribution is -0.134. The van der Waals surface area contributed by atoms with Crippen molar-refractivity contribution < 1.29 is 4.79 Å². The number of aromatic amines is 1. The molecule has 1 aliphatic carbocycles. The molecule has 0 radical (unpaired) electrons. The quantitative estimate of drug-likeness (QED) is 0.921. The molecule has 1 amide bonds. The molecular weight excluding hydrogens is 328 g/mol. The Hall–Kier alpha value is -2.34. The molecule has 2 aromatic rings. The molecule has 4 rings (SSSR count). The summed E-state index contributed by atoms with van der Waals surface area (Å²) < 4.78 is 0. The highest BCUT2D eigenvalue weighted by atomic mass is 35.5. The molecule has 1 aromatic heterocycles. The van der Waals surface area contributed by atoms with Crippen molar-refractivity contribution in [1.29, 1.82) is 0 Å². The second kappa shape index (κ2) is 5.63. The summed E-state index contributed by atoms with van der Waals surface area (Å²) in [5.74, 6) is 0.0546. The number of H-pyrrole nitrogens is 1. The first-order valence-electron chi connectivity index (χ1n) is 7.96. The van der Waals surface area contributed by atoms with Gasteiger partial charge in [0, 0.05) is 13.1 Å². The van der Waals surface area contributed by atoms with E-state index in [4.69, 9.17) is 11.6 Å². The SMILES string of the molecule is O=C1CN(c2cn[nH]c(=O)c2Cl)CCN1C1(c2ccccc2)CC1. The van der Waals surface area contributed by atoms with Crippen molar-refractivity contribution in [2.24, 2.45) is 0 Å². The molecule has 0 atom stereocenters. The Bertz CT molecular complexity index is 832. The Labute approximate surface area is 144 Å². The first kappa shape index (κ1) is 15.2. The van der Waals surface area contributed by atoms with Crippen molar-refractivity contribution in [1.82, 2.24) is 15.1 Å². The highest BCUT2D eigenvalue weighted by Gasteiger charge is 2.52. The molecule has 1 N–H and O–H groups in total. The second-order valence-electron chi connectivity index (χ2n) is 6.26. The van der Waals surface area contributed by atoms with Crippen LogP contribution in [-0.2, 0) is 10.3 Å². The number of hydrogen-bond donors (Lipinski definition) is 1. The van der Waals surface area contributed by atoms with Crippen LogP contribution in [0.5, 0.6) is 0 Å². The van der Waals surface area contributed by atoms with E-state index in [1.807, 2.05) is 28.0 Å². The fraction of sp³-hybridized carbons (Fsp3) is 0.353. The van der Waals surface area contributed by atoms with Crippen LogP contribution in [-0.4, -0.2) is 40.6 Å². The minimum atomic E-state index is -0.438. The molecule has 24 heavy (non-hydrogen) atoms. The lowest BCUT2D eigenvalue weighted by Gasteiger charge is -2.40. The summed E-state index contributed by atoms with van der Waals surface area (Å²) in [6, 6.07) is 10.2. The lowest BCUT2D eigenvalue weighted by atomic mass is 10.0. The number of anilines is 1. The standard InChI is InChI=1S/C17H17ClN4O2/c18-15-13(10-19-20-16(15)24)21-8-9-22(14(23)11-21)17(6-7-17)12-4-2-1-3-5-12/h1-5,10H,6-9,11H2,(H,20,24). The Balaban J connectivity index is 1.57. The number of amides is 1. The minimum Gasteiger partial charge on any atom is -0.358 e. The van der Waals surface area contributed by atoms with Gasteiger partial charge in [0.25, 0.3) is 5.56 Å². The van der Waals surface area contributed by atoms with Gasteiger partial charge >= 0.3 is 0 Å². The zero-order valence-corrected chi connectivity index (χ0v) is 13.8. The van der Waals surface area contributed by atoms with Gasteiger partial charge in [-0.05, 0) is 18.4 Å². The summed E-state index contributed by atoms with van der Waals surface area (Å²) in [7, 11) is 0. The third-order valence-electron chi connectivity index (χ3n) is 4.89. The van der Waals surface area contributed by atoms with Gasteiger partial charge < -0.3 is 9.80 Å². The number of carbonyl (C=O) groups is 1. The number of piperazine rings is 1. The van der Waals surface area contributed by atoms with Crippen LogP contribution in [0, 0.1) is 0 Å². The van der Waals surface area contributed by atoms with Crippen LogP contribution in [0.25, 0.3) is 0 Å². The van der Waals surface area contributed by atoms with E-state index in [2.05, 4.69) is 22.3 Å². The van der Waals surface area contributed by atoms with Gasteiger partial charge in [0.2, 0.25) is 5.91 Å². The van der Waals surface area contributed by atoms with Gasteiger partial charge in [-0.3, -0.25) is 9.59 Å². The topological polar surface area (TPSA) is 69.3 Å². The maximum atomic E-state index is 12.8. The van der Waals surface area contributed by atoms with Crippen molar-refractivity contribution >= 4 is 23.2 Å². The number of carbonyl (C=O) groups excluding carboxylic acids is 1. The van der Waals surface area contributed by atoms with Crippen molar-refractivity contribution in [2.75, 3.05) is 24.5 Å². The van der Waals surface area contributed by atoms with E-state index >= 15 is 0 Å². The molecule has 1 aliphatic heterocycles. The van der Waals surface area contributed by atoms with Crippen LogP contribution in [0.3, 0.4) is 0 Å². The summed E-state index contributed by atoms with van der Waals surface area (Å²) in [4.78, 5) is 28.2. The lowest BCUT2D eigenvalue weighted by Crippen LogP contribution is -2.54. The molecule has 0 bridgehead atoms. The second-order valence-corrected chi connectivity index (χ2v) is 6.64. The van der Waals surface area contributed by atoms with Gasteiger partial charge in [-0.1, -0.05) is 41.9 Å². The molecule has 0 spiro atoms. The molecule has 1 saturated carbocycles. The molecule has 7 heteroatoms. The minimum absolute atomic E-state index is 0.0546. The molecule has 2 fully saturated rings. The first-order chi connectivity index (χ1) is 11.6. The third kappa shape index (κ3) is 2.38. The number of halogens is 1. The largest absolute Gasteiger partial charge is 0.358 e. The number of benzene rings is 1. The summed E-state index contributed by atoms with van der Waals surface area (Å²) >= 11 is 6.06. The van der Waals surface area contributed by atoms with E-state index in [0.29, 0.717) is 18.8 Å². The highest BCUT2D eigenvalue weighted by Crippen LogP contribution is 2.51.